The Balaban J connectivity index is 1.62. The van der Waals surface area contributed by atoms with Crippen LogP contribution < -0.4 is 16.0 Å². The number of carbonyl (C=O) groups is 1. The number of hydrogen-bond donors (Lipinski definition) is 4. The van der Waals surface area contributed by atoms with E-state index in [1.807, 2.05) is 31.4 Å². The highest BCUT2D eigenvalue weighted by atomic mass is 32.1. The van der Waals surface area contributed by atoms with Crippen LogP contribution in [0.1, 0.15) is 10.4 Å². The number of allylic oxidation sites excluding steroid dienone is 2. The molecule has 2 aromatic heterocycles. The van der Waals surface area contributed by atoms with Gasteiger partial charge < -0.3 is 24.8 Å². The average molecular weight is 422 g/mol. The molecule has 9 heteroatoms. The maximum Gasteiger partial charge on any atom is 0.251 e. The number of amides is 1. The van der Waals surface area contributed by atoms with Crippen LogP contribution in [-0.4, -0.2) is 45.4 Å². The smallest absolute Gasteiger partial charge is 0.251 e. The summed E-state index contributed by atoms with van der Waals surface area (Å²) < 4.78 is 3.86. The first kappa shape index (κ1) is 19.8. The van der Waals surface area contributed by atoms with Gasteiger partial charge in [0.15, 0.2) is 0 Å². The molecule has 0 aliphatic carbocycles. The third kappa shape index (κ3) is 4.11. The van der Waals surface area contributed by atoms with Gasteiger partial charge in [-0.1, -0.05) is 31.0 Å². The Morgan fingerprint density at radius 3 is 3.03 bits per heavy atom. The minimum atomic E-state index is -0.142. The third-order valence-corrected chi connectivity index (χ3v) is 4.98. The number of rotatable bonds is 6. The molecule has 0 fully saturated rings. The van der Waals surface area contributed by atoms with Gasteiger partial charge in [-0.05, 0) is 24.3 Å². The van der Waals surface area contributed by atoms with Gasteiger partial charge in [-0.2, -0.15) is 4.98 Å². The van der Waals surface area contributed by atoms with Gasteiger partial charge in [-0.25, -0.2) is 4.98 Å². The van der Waals surface area contributed by atoms with E-state index in [1.165, 1.54) is 0 Å². The molecule has 0 saturated carbocycles. The summed E-state index contributed by atoms with van der Waals surface area (Å²) in [7, 11) is 3.51. The van der Waals surface area contributed by atoms with Crippen molar-refractivity contribution in [3.8, 4) is 0 Å². The number of anilines is 2. The van der Waals surface area contributed by atoms with Crippen molar-refractivity contribution in [2.24, 2.45) is 0 Å². The minimum absolute atomic E-state index is 0.142. The lowest BCUT2D eigenvalue weighted by molar-refractivity contribution is 0.0963. The second-order valence-corrected chi connectivity index (χ2v) is 7.48. The van der Waals surface area contributed by atoms with Gasteiger partial charge in [-0.15, -0.1) is 0 Å². The quantitative estimate of drug-likeness (QED) is 0.458. The summed E-state index contributed by atoms with van der Waals surface area (Å²) in [6.45, 7) is 1.43. The molecule has 0 radical (unpaired) electrons. The number of nitrogens with one attached hydrogen (secondary N) is 3. The van der Waals surface area contributed by atoms with Crippen LogP contribution in [0.25, 0.3) is 11.0 Å². The Morgan fingerprint density at radius 2 is 2.23 bits per heavy atom. The van der Waals surface area contributed by atoms with E-state index in [2.05, 4.69) is 50.5 Å². The third-order valence-electron chi connectivity index (χ3n) is 4.78. The van der Waals surface area contributed by atoms with Crippen LogP contribution in [0.5, 0.6) is 0 Å². The van der Waals surface area contributed by atoms with Crippen molar-refractivity contribution in [3.05, 3.63) is 71.8 Å². The molecule has 1 amide bonds. The molecule has 1 aromatic carbocycles. The molecule has 8 nitrogen and oxygen atoms in total. The van der Waals surface area contributed by atoms with Gasteiger partial charge in [0.2, 0.25) is 5.95 Å². The van der Waals surface area contributed by atoms with E-state index < -0.39 is 0 Å². The predicted octanol–water partition coefficient (Wildman–Crippen LogP) is 2.68. The highest BCUT2D eigenvalue weighted by molar-refractivity contribution is 7.77. The first-order valence-corrected chi connectivity index (χ1v) is 9.92. The second kappa shape index (κ2) is 8.50. The number of aromatic nitrogens is 3. The summed E-state index contributed by atoms with van der Waals surface area (Å²) >= 11 is 4.43. The van der Waals surface area contributed by atoms with Gasteiger partial charge >= 0.3 is 0 Å². The van der Waals surface area contributed by atoms with Crippen LogP contribution in [0.15, 0.2) is 66.3 Å². The van der Waals surface area contributed by atoms with Crippen molar-refractivity contribution in [2.75, 3.05) is 26.0 Å². The van der Waals surface area contributed by atoms with Crippen LogP contribution in [0.4, 0.5) is 11.6 Å². The van der Waals surface area contributed by atoms with Crippen LogP contribution in [0.2, 0.25) is 0 Å². The van der Waals surface area contributed by atoms with Crippen LogP contribution >= 0.6 is 12.8 Å². The highest BCUT2D eigenvalue weighted by Gasteiger charge is 2.13. The van der Waals surface area contributed by atoms with Crippen molar-refractivity contribution in [3.63, 3.8) is 0 Å². The maximum atomic E-state index is 11.9. The summed E-state index contributed by atoms with van der Waals surface area (Å²) in [5, 5.41) is 10.1. The SMILES string of the molecule is CNC(=O)c1cccc(Nc2ncc3ccn(CC4=C(N(C)S)NCC=C4)c3n2)c1. The predicted molar refractivity (Wildman–Crippen MR) is 122 cm³/mol. The number of nitrogens with zero attached hydrogens (tertiary/aromatic N) is 4. The number of hydrogen-bond acceptors (Lipinski definition) is 7. The summed E-state index contributed by atoms with van der Waals surface area (Å²) in [5.41, 5.74) is 3.25. The van der Waals surface area contributed by atoms with Crippen molar-refractivity contribution in [1.82, 2.24) is 29.5 Å². The molecule has 1 aliphatic heterocycles. The van der Waals surface area contributed by atoms with Gasteiger partial charge in [0, 0.05) is 55.2 Å². The Kier molecular flexibility index (Phi) is 5.62. The number of benzene rings is 1. The van der Waals surface area contributed by atoms with Gasteiger partial charge in [0.05, 0.1) is 6.54 Å². The van der Waals surface area contributed by atoms with Gasteiger partial charge in [0.25, 0.3) is 5.91 Å². The Morgan fingerprint density at radius 1 is 1.37 bits per heavy atom. The number of fused-ring (bicyclic) bond motifs is 1. The first-order chi connectivity index (χ1) is 14.5. The van der Waals surface area contributed by atoms with E-state index in [-0.39, 0.29) is 5.91 Å². The van der Waals surface area contributed by atoms with E-state index in [0.717, 1.165) is 34.7 Å². The van der Waals surface area contributed by atoms with Crippen molar-refractivity contribution < 1.29 is 4.79 Å². The van der Waals surface area contributed by atoms with Crippen molar-refractivity contribution >= 4 is 41.4 Å². The second-order valence-electron chi connectivity index (χ2n) is 6.88. The van der Waals surface area contributed by atoms with Crippen LogP contribution in [0, 0.1) is 0 Å². The van der Waals surface area contributed by atoms with Crippen LogP contribution in [0.3, 0.4) is 0 Å². The van der Waals surface area contributed by atoms with E-state index in [9.17, 15) is 4.79 Å². The molecule has 3 N–H and O–H groups in total. The van der Waals surface area contributed by atoms with E-state index in [1.54, 1.807) is 29.7 Å². The number of thiol groups is 1. The fourth-order valence-electron chi connectivity index (χ4n) is 3.35. The summed E-state index contributed by atoms with van der Waals surface area (Å²) in [6, 6.07) is 9.21. The zero-order chi connectivity index (χ0) is 21.1. The molecule has 4 rings (SSSR count). The standard InChI is InChI=1S/C21H23N7OS/c1-22-20(29)14-5-3-7-17(11-14)25-21-24-12-15-8-10-28(19(15)26-21)13-16-6-4-9-23-18(16)27(2)30/h3-8,10-12,23,30H,9,13H2,1-2H3,(H,22,29)(H,24,25,26). The highest BCUT2D eigenvalue weighted by Crippen LogP contribution is 2.21. The fourth-order valence-corrected chi connectivity index (χ4v) is 3.55. The molecule has 0 saturated heterocycles. The molecule has 154 valence electrons. The molecule has 3 heterocycles. The minimum Gasteiger partial charge on any atom is -0.367 e. The molecule has 0 atom stereocenters. The summed E-state index contributed by atoms with van der Waals surface area (Å²) in [4.78, 5) is 21.0. The van der Waals surface area contributed by atoms with Gasteiger partial charge in [-0.3, -0.25) is 4.79 Å². The van der Waals surface area contributed by atoms with Crippen LogP contribution in [-0.2, 0) is 6.54 Å². The number of carbonyl (C=O) groups excluding carboxylic acids is 1. The largest absolute Gasteiger partial charge is 0.367 e. The zero-order valence-electron chi connectivity index (χ0n) is 16.8. The van der Waals surface area contributed by atoms with Crippen molar-refractivity contribution in [1.29, 1.82) is 0 Å². The van der Waals surface area contributed by atoms with Gasteiger partial charge in [0.1, 0.15) is 11.5 Å². The monoisotopic (exact) mass is 421 g/mol. The lowest BCUT2D eigenvalue weighted by atomic mass is 10.2. The zero-order valence-corrected chi connectivity index (χ0v) is 17.6. The van der Waals surface area contributed by atoms with E-state index in [0.29, 0.717) is 18.1 Å². The maximum absolute atomic E-state index is 11.9. The molecule has 0 bridgehead atoms. The molecule has 1 aliphatic rings. The Hall–Kier alpha value is -3.46. The molecular weight excluding hydrogens is 398 g/mol. The van der Waals surface area contributed by atoms with Crippen molar-refractivity contribution in [2.45, 2.75) is 6.54 Å². The number of dihydropyridines is 1. The molecular formula is C21H23N7OS. The average Bonchev–Trinajstić information content (AvgIpc) is 3.15. The molecule has 0 spiro atoms. The lowest BCUT2D eigenvalue weighted by Gasteiger charge is -2.23. The molecule has 0 unspecified atom stereocenters. The van der Waals surface area contributed by atoms with E-state index >= 15 is 0 Å². The Bertz CT molecular complexity index is 1150. The summed E-state index contributed by atoms with van der Waals surface area (Å²) in [5.74, 6) is 1.30. The lowest BCUT2D eigenvalue weighted by Crippen LogP contribution is -2.27. The summed E-state index contributed by atoms with van der Waals surface area (Å²) in [6.07, 6.45) is 7.98. The molecule has 3 aromatic rings. The Labute approximate surface area is 180 Å². The normalized spacial score (nSPS) is 13.3. The first-order valence-electron chi connectivity index (χ1n) is 9.52. The molecule has 30 heavy (non-hydrogen) atoms. The van der Waals surface area contributed by atoms with E-state index in [4.69, 9.17) is 4.98 Å². The topological polar surface area (TPSA) is 87.1 Å². The fraction of sp³-hybridized carbons (Fsp3) is 0.190.